The molecule has 0 aliphatic carbocycles. The summed E-state index contributed by atoms with van der Waals surface area (Å²) in [5, 5.41) is 16.9. The van der Waals surface area contributed by atoms with Crippen LogP contribution in [0, 0.1) is 0 Å². The molecule has 3 aromatic rings. The van der Waals surface area contributed by atoms with Gasteiger partial charge in [-0.15, -0.1) is 0 Å². The van der Waals surface area contributed by atoms with Gasteiger partial charge >= 0.3 is 0 Å². The van der Waals surface area contributed by atoms with Crippen molar-refractivity contribution in [2.75, 3.05) is 13.1 Å². The number of β-amino-alcohol motifs (C(OH)–C–C–N with tert-alkyl or cyclic N) is 1. The second-order valence-electron chi connectivity index (χ2n) is 6.85. The minimum atomic E-state index is -0.440. The lowest BCUT2D eigenvalue weighted by molar-refractivity contribution is -0.122. The second kappa shape index (κ2) is 7.32. The van der Waals surface area contributed by atoms with Gasteiger partial charge in [0.2, 0.25) is 5.91 Å². The third-order valence-electron chi connectivity index (χ3n) is 5.10. The number of aliphatic hydroxyl groups is 1. The number of carbonyl (C=O) groups is 1. The Morgan fingerprint density at radius 3 is 2.69 bits per heavy atom. The van der Waals surface area contributed by atoms with Crippen molar-refractivity contribution in [3.05, 3.63) is 71.9 Å². The van der Waals surface area contributed by atoms with E-state index in [2.05, 4.69) is 39.9 Å². The number of para-hydroxylation sites is 1. The summed E-state index contributed by atoms with van der Waals surface area (Å²) in [6.07, 6.45) is 2.06. The first-order valence-corrected chi connectivity index (χ1v) is 9.02. The van der Waals surface area contributed by atoms with Crippen molar-refractivity contribution in [3.8, 4) is 0 Å². The fraction of sp³-hybridized carbons (Fsp3) is 0.286. The molecule has 1 aromatic heterocycles. The topological polar surface area (TPSA) is 77.2 Å². The summed E-state index contributed by atoms with van der Waals surface area (Å²) in [5.74, 6) is 0.00458. The zero-order valence-corrected chi connectivity index (χ0v) is 14.5. The molecule has 0 bridgehead atoms. The summed E-state index contributed by atoms with van der Waals surface area (Å²) in [7, 11) is 0. The van der Waals surface area contributed by atoms with Crippen LogP contribution in [-0.4, -0.2) is 41.2 Å². The smallest absolute Gasteiger partial charge is 0.237 e. The standard InChI is InChI=1S/C21H23N3O2/c25-15-10-20(22-11-15)21(26)24-12-17(14-6-2-1-3-7-14)18-13-23-19-9-5-4-8-16(18)19/h1-9,13,15,17,20,22-23,25H,10-12H2,(H,24,26)/t15-,17+,20-/m0/s1. The molecule has 134 valence electrons. The van der Waals surface area contributed by atoms with Gasteiger partial charge in [0.25, 0.3) is 0 Å². The molecule has 0 unspecified atom stereocenters. The molecule has 0 saturated carbocycles. The second-order valence-corrected chi connectivity index (χ2v) is 6.85. The van der Waals surface area contributed by atoms with Crippen LogP contribution in [0.3, 0.4) is 0 Å². The molecule has 0 radical (unpaired) electrons. The van der Waals surface area contributed by atoms with Crippen LogP contribution in [0.25, 0.3) is 10.9 Å². The molecule has 5 nitrogen and oxygen atoms in total. The summed E-state index contributed by atoms with van der Waals surface area (Å²) in [6.45, 7) is 0.988. The molecule has 1 amide bonds. The highest BCUT2D eigenvalue weighted by molar-refractivity contribution is 5.85. The van der Waals surface area contributed by atoms with Crippen LogP contribution >= 0.6 is 0 Å². The first-order valence-electron chi connectivity index (χ1n) is 9.02. The van der Waals surface area contributed by atoms with Gasteiger partial charge in [0.15, 0.2) is 0 Å². The Hall–Kier alpha value is -2.63. The summed E-state index contributed by atoms with van der Waals surface area (Å²) in [4.78, 5) is 15.8. The number of aromatic nitrogens is 1. The van der Waals surface area contributed by atoms with Gasteiger partial charge in [-0.1, -0.05) is 48.5 Å². The number of benzene rings is 2. The Balaban J connectivity index is 1.59. The highest BCUT2D eigenvalue weighted by atomic mass is 16.3. The molecule has 3 atom stereocenters. The van der Waals surface area contributed by atoms with Crippen LogP contribution < -0.4 is 10.6 Å². The van der Waals surface area contributed by atoms with E-state index in [0.717, 1.165) is 11.1 Å². The number of hydrogen-bond acceptors (Lipinski definition) is 3. The first kappa shape index (κ1) is 16.8. The van der Waals surface area contributed by atoms with E-state index in [4.69, 9.17) is 0 Å². The van der Waals surface area contributed by atoms with Crippen molar-refractivity contribution in [2.45, 2.75) is 24.5 Å². The minimum Gasteiger partial charge on any atom is -0.392 e. The highest BCUT2D eigenvalue weighted by Crippen LogP contribution is 2.30. The number of nitrogens with one attached hydrogen (secondary N) is 3. The molecule has 4 N–H and O–H groups in total. The average molecular weight is 349 g/mol. The molecule has 1 fully saturated rings. The van der Waals surface area contributed by atoms with E-state index in [9.17, 15) is 9.90 Å². The average Bonchev–Trinajstić information content (AvgIpc) is 3.29. The van der Waals surface area contributed by atoms with Gasteiger partial charge in [0.05, 0.1) is 12.1 Å². The third-order valence-corrected chi connectivity index (χ3v) is 5.10. The van der Waals surface area contributed by atoms with Crippen molar-refractivity contribution in [3.63, 3.8) is 0 Å². The predicted octanol–water partition coefficient (Wildman–Crippen LogP) is 2.14. The zero-order valence-electron chi connectivity index (χ0n) is 14.5. The Morgan fingerprint density at radius 2 is 1.92 bits per heavy atom. The maximum Gasteiger partial charge on any atom is 0.237 e. The Kier molecular flexibility index (Phi) is 4.73. The van der Waals surface area contributed by atoms with E-state index >= 15 is 0 Å². The zero-order chi connectivity index (χ0) is 17.9. The molecule has 1 aliphatic rings. The van der Waals surface area contributed by atoms with Crippen LogP contribution in [0.4, 0.5) is 0 Å². The number of hydrogen-bond donors (Lipinski definition) is 4. The number of rotatable bonds is 5. The Bertz CT molecular complexity index is 890. The van der Waals surface area contributed by atoms with Gasteiger partial charge < -0.3 is 20.7 Å². The molecule has 5 heteroatoms. The summed E-state index contributed by atoms with van der Waals surface area (Å²) >= 11 is 0. The van der Waals surface area contributed by atoms with Crippen molar-refractivity contribution < 1.29 is 9.90 Å². The number of amides is 1. The highest BCUT2D eigenvalue weighted by Gasteiger charge is 2.28. The van der Waals surface area contributed by atoms with Gasteiger partial charge in [-0.05, 0) is 23.6 Å². The maximum atomic E-state index is 12.5. The van der Waals surface area contributed by atoms with Crippen LogP contribution in [0.2, 0.25) is 0 Å². The molecular weight excluding hydrogens is 326 g/mol. The lowest BCUT2D eigenvalue weighted by Gasteiger charge is -2.19. The van der Waals surface area contributed by atoms with Gasteiger partial charge in [0, 0.05) is 36.1 Å². The fourth-order valence-electron chi connectivity index (χ4n) is 3.72. The molecular formula is C21H23N3O2. The molecule has 4 rings (SSSR count). The molecule has 1 aliphatic heterocycles. The van der Waals surface area contributed by atoms with E-state index in [0.29, 0.717) is 19.5 Å². The third kappa shape index (κ3) is 3.36. The van der Waals surface area contributed by atoms with Crippen molar-refractivity contribution >= 4 is 16.8 Å². The fourth-order valence-corrected chi connectivity index (χ4v) is 3.72. The van der Waals surface area contributed by atoms with Crippen LogP contribution in [0.5, 0.6) is 0 Å². The normalized spacial score (nSPS) is 21.0. The summed E-state index contributed by atoms with van der Waals surface area (Å²) in [5.41, 5.74) is 3.43. The quantitative estimate of drug-likeness (QED) is 0.570. The van der Waals surface area contributed by atoms with Gasteiger partial charge in [-0.2, -0.15) is 0 Å². The number of fused-ring (bicyclic) bond motifs is 1. The van der Waals surface area contributed by atoms with Crippen LogP contribution in [0.1, 0.15) is 23.5 Å². The maximum absolute atomic E-state index is 12.5. The lowest BCUT2D eigenvalue weighted by Crippen LogP contribution is -2.42. The van der Waals surface area contributed by atoms with Crippen molar-refractivity contribution in [2.24, 2.45) is 0 Å². The SMILES string of the molecule is O=C(NC[C@H](c1ccccc1)c1c[nH]c2ccccc12)[C@@H]1C[C@H](O)CN1. The van der Waals surface area contributed by atoms with Gasteiger partial charge in [-0.3, -0.25) is 4.79 Å². The van der Waals surface area contributed by atoms with Gasteiger partial charge in [0.1, 0.15) is 0 Å². The molecule has 2 aromatic carbocycles. The first-order chi connectivity index (χ1) is 12.7. The van der Waals surface area contributed by atoms with Crippen LogP contribution in [-0.2, 0) is 4.79 Å². The van der Waals surface area contributed by atoms with E-state index in [1.54, 1.807) is 0 Å². The van der Waals surface area contributed by atoms with Crippen molar-refractivity contribution in [1.29, 1.82) is 0 Å². The summed E-state index contributed by atoms with van der Waals surface area (Å²) in [6, 6.07) is 18.1. The summed E-state index contributed by atoms with van der Waals surface area (Å²) < 4.78 is 0. The molecule has 26 heavy (non-hydrogen) atoms. The van der Waals surface area contributed by atoms with Crippen molar-refractivity contribution in [1.82, 2.24) is 15.6 Å². The predicted molar refractivity (Wildman–Crippen MR) is 102 cm³/mol. The van der Waals surface area contributed by atoms with E-state index in [1.165, 1.54) is 10.9 Å². The van der Waals surface area contributed by atoms with Gasteiger partial charge in [-0.25, -0.2) is 0 Å². The van der Waals surface area contributed by atoms with E-state index < -0.39 is 6.10 Å². The van der Waals surface area contributed by atoms with Crippen LogP contribution in [0.15, 0.2) is 60.8 Å². The number of aliphatic hydroxyl groups excluding tert-OH is 1. The van der Waals surface area contributed by atoms with E-state index in [-0.39, 0.29) is 17.9 Å². The monoisotopic (exact) mass is 349 g/mol. The Labute approximate surface area is 152 Å². The lowest BCUT2D eigenvalue weighted by atomic mass is 9.91. The largest absolute Gasteiger partial charge is 0.392 e. The Morgan fingerprint density at radius 1 is 1.15 bits per heavy atom. The molecule has 1 saturated heterocycles. The molecule has 2 heterocycles. The van der Waals surface area contributed by atoms with E-state index in [1.807, 2.05) is 36.5 Å². The number of H-pyrrole nitrogens is 1. The molecule has 0 spiro atoms. The number of carbonyl (C=O) groups excluding carboxylic acids is 1. The minimum absolute atomic E-state index is 0.0534. The number of aromatic amines is 1.